The van der Waals surface area contributed by atoms with Crippen molar-refractivity contribution in [2.24, 2.45) is 0 Å². The molecule has 93 heavy (non-hydrogen) atoms. The van der Waals surface area contributed by atoms with Crippen LogP contribution in [0.25, 0.3) is 12.2 Å². The molecule has 514 valence electrons. The molecule has 0 aromatic heterocycles. The van der Waals surface area contributed by atoms with Crippen LogP contribution in [0.1, 0.15) is 28.4 Å². The largest absolute Gasteiger partial charge is 0.504 e. The smallest absolute Gasteiger partial charge is 0.338 e. The van der Waals surface area contributed by atoms with Gasteiger partial charge in [-0.05, 0) is 59.7 Å². The van der Waals surface area contributed by atoms with Crippen molar-refractivity contribution in [3.8, 4) is 23.0 Å². The fraction of sp³-hybridized carbons (Fsp3) is 0.559. The Morgan fingerprint density at radius 3 is 1.59 bits per heavy atom. The van der Waals surface area contributed by atoms with Crippen LogP contribution < -0.4 is 9.47 Å². The second kappa shape index (κ2) is 32.2. The summed E-state index contributed by atoms with van der Waals surface area (Å²) in [5.41, 5.74) is 0.288. The van der Waals surface area contributed by atoms with E-state index in [1.54, 1.807) is 6.07 Å². The number of esters is 4. The number of aliphatic hydroxyl groups is 13. The first kappa shape index (κ1) is 72.2. The summed E-state index contributed by atoms with van der Waals surface area (Å²) in [6.45, 7) is -5.63. The number of aliphatic hydroxyl groups excluding tert-OH is 13. The van der Waals surface area contributed by atoms with Crippen molar-refractivity contribution in [1.82, 2.24) is 0 Å². The third kappa shape index (κ3) is 16.7. The first-order valence-electron chi connectivity index (χ1n) is 28.8. The molecule has 5 aliphatic rings. The fourth-order valence-electron chi connectivity index (χ4n) is 10.6. The van der Waals surface area contributed by atoms with Gasteiger partial charge in [0.05, 0.1) is 46.2 Å². The number of benzene rings is 3. The summed E-state index contributed by atoms with van der Waals surface area (Å²) in [7, 11) is 2.55. The fourth-order valence-corrected chi connectivity index (χ4v) is 10.6. The summed E-state index contributed by atoms with van der Waals surface area (Å²) >= 11 is 0. The lowest BCUT2D eigenvalue weighted by atomic mass is 9.95. The normalized spacial score (nSPS) is 36.3. The van der Waals surface area contributed by atoms with E-state index in [-0.39, 0.29) is 39.7 Å². The third-order valence-electron chi connectivity index (χ3n) is 15.5. The van der Waals surface area contributed by atoms with Crippen LogP contribution in [-0.2, 0) is 76.0 Å². The van der Waals surface area contributed by atoms with Gasteiger partial charge in [-0.1, -0.05) is 30.3 Å². The Kier molecular flexibility index (Phi) is 25.0. The molecule has 0 bridgehead atoms. The van der Waals surface area contributed by atoms with E-state index in [4.69, 9.17) is 71.1 Å². The number of phenols is 2. The molecule has 0 radical (unpaired) electrons. The number of ether oxygens (including phenoxy) is 15. The molecule has 3 aromatic carbocycles. The van der Waals surface area contributed by atoms with Gasteiger partial charge in [0, 0.05) is 19.1 Å². The van der Waals surface area contributed by atoms with E-state index < -0.39 is 210 Å². The SMILES string of the molecule is COc1ccc(/C=C/C(=O)OC[C@@]2(O[C@H]3O[C@H](COC(C)=O)[C@@H](OC(=O)/C=C/c4ccc(O)c(OC)c4)[C@H](O[C@@H]4O[C@H](CO)[C@@H](O[C@@H]5O[C@H](CO)[C@@H](O)[C@H](O)[C@H]5O)[C@H](O)[C@H]4O)[C@H]3O[C@@H]3O[C@H](CO)[C@@H](O)[C@H](O)[C@H]3O)O[C@H](CO)[C@@H](O)[C@@H]2OC(=O)c2ccccc2)cc1O. The van der Waals surface area contributed by atoms with Crippen molar-refractivity contribution < 1.29 is 167 Å². The van der Waals surface area contributed by atoms with Crippen LogP contribution in [0.15, 0.2) is 78.9 Å². The van der Waals surface area contributed by atoms with Crippen molar-refractivity contribution in [2.45, 2.75) is 154 Å². The Hall–Kier alpha value is -6.66. The average Bonchev–Trinajstić information content (AvgIpc) is 1.73. The number of carbonyl (C=O) groups is 4. The molecule has 5 heterocycles. The molecule has 24 atom stereocenters. The molecule has 0 amide bonds. The Morgan fingerprint density at radius 2 is 1.02 bits per heavy atom. The van der Waals surface area contributed by atoms with Gasteiger partial charge in [-0.2, -0.15) is 0 Å². The molecule has 34 heteroatoms. The molecule has 0 aliphatic carbocycles. The molecule has 5 fully saturated rings. The van der Waals surface area contributed by atoms with Gasteiger partial charge in [0.2, 0.25) is 5.79 Å². The van der Waals surface area contributed by atoms with E-state index in [9.17, 15) is 95.8 Å². The van der Waals surface area contributed by atoms with Gasteiger partial charge in [0.15, 0.2) is 60.4 Å². The molecule has 0 unspecified atom stereocenters. The molecular formula is C59H74O34. The van der Waals surface area contributed by atoms with Crippen LogP contribution in [0.5, 0.6) is 23.0 Å². The first-order valence-corrected chi connectivity index (χ1v) is 28.8. The lowest BCUT2D eigenvalue weighted by molar-refractivity contribution is -0.423. The van der Waals surface area contributed by atoms with Gasteiger partial charge in [-0.15, -0.1) is 0 Å². The predicted octanol–water partition coefficient (Wildman–Crippen LogP) is -5.53. The monoisotopic (exact) mass is 1330 g/mol. The zero-order valence-corrected chi connectivity index (χ0v) is 49.6. The maximum Gasteiger partial charge on any atom is 0.338 e. The Morgan fingerprint density at radius 1 is 0.495 bits per heavy atom. The predicted molar refractivity (Wildman–Crippen MR) is 301 cm³/mol. The average molecular weight is 1330 g/mol. The highest BCUT2D eigenvalue weighted by atomic mass is 16.8. The zero-order valence-electron chi connectivity index (χ0n) is 49.6. The lowest BCUT2D eigenvalue weighted by Crippen LogP contribution is -2.69. The summed E-state index contributed by atoms with van der Waals surface area (Å²) in [6, 6.07) is 15.0. The summed E-state index contributed by atoms with van der Waals surface area (Å²) < 4.78 is 88.3. The molecule has 0 spiro atoms. The van der Waals surface area contributed by atoms with Gasteiger partial charge in [0.25, 0.3) is 0 Å². The number of hydrogen-bond donors (Lipinski definition) is 15. The topological polar surface area (TPSA) is 510 Å². The van der Waals surface area contributed by atoms with E-state index >= 15 is 0 Å². The highest BCUT2D eigenvalue weighted by molar-refractivity contribution is 5.90. The van der Waals surface area contributed by atoms with Gasteiger partial charge in [-0.3, -0.25) is 4.79 Å². The van der Waals surface area contributed by atoms with E-state index in [2.05, 4.69) is 0 Å². The van der Waals surface area contributed by atoms with Crippen molar-refractivity contribution >= 4 is 36.0 Å². The first-order chi connectivity index (χ1) is 44.4. The summed E-state index contributed by atoms with van der Waals surface area (Å²) in [6.07, 6.45) is -45.1. The van der Waals surface area contributed by atoms with Crippen LogP contribution in [0.3, 0.4) is 0 Å². The van der Waals surface area contributed by atoms with Crippen LogP contribution in [0.4, 0.5) is 0 Å². The minimum atomic E-state index is -3.01. The van der Waals surface area contributed by atoms with Gasteiger partial charge < -0.3 is 148 Å². The zero-order chi connectivity index (χ0) is 67.6. The summed E-state index contributed by atoms with van der Waals surface area (Å²) in [5.74, 6) is -8.35. The molecule has 34 nitrogen and oxygen atoms in total. The minimum Gasteiger partial charge on any atom is -0.504 e. The molecule has 0 saturated carbocycles. The Balaban J connectivity index is 1.27. The third-order valence-corrected chi connectivity index (χ3v) is 15.5. The minimum absolute atomic E-state index is 0.0320. The second-order valence-electron chi connectivity index (χ2n) is 21.7. The lowest BCUT2D eigenvalue weighted by Gasteiger charge is -2.51. The van der Waals surface area contributed by atoms with Gasteiger partial charge in [0.1, 0.15) is 117 Å². The van der Waals surface area contributed by atoms with Crippen LogP contribution in [0, 0.1) is 0 Å². The Bertz CT molecular complexity index is 3020. The Labute approximate surface area is 527 Å². The van der Waals surface area contributed by atoms with Gasteiger partial charge in [-0.25, -0.2) is 14.4 Å². The number of methoxy groups -OCH3 is 2. The molecule has 8 rings (SSSR count). The van der Waals surface area contributed by atoms with Crippen LogP contribution >= 0.6 is 0 Å². The van der Waals surface area contributed by atoms with E-state index in [0.717, 1.165) is 19.1 Å². The van der Waals surface area contributed by atoms with Gasteiger partial charge >= 0.3 is 23.9 Å². The van der Waals surface area contributed by atoms with Crippen LogP contribution in [0.2, 0.25) is 0 Å². The quantitative estimate of drug-likeness (QED) is 0.0214. The van der Waals surface area contributed by atoms with E-state index in [1.807, 2.05) is 0 Å². The number of phenolic OH excluding ortho intramolecular Hbond substituents is 2. The number of carbonyl (C=O) groups excluding carboxylic acids is 4. The maximum atomic E-state index is 14.3. The molecular weight excluding hydrogens is 1250 g/mol. The standard InChI is InChI=1S/C59H74O34/c1-25(64)81-23-37-50(87-39(68)16-12-27-9-13-29(65)32(18-27)80-3)51(89-57-48(77)45(74)49(36(22-63)85-57)88-55-46(75)43(72)40(69)33(19-60)83-55)52(90-56-47(76)44(73)41(70)34(20-61)84-56)58(86-37)93-59(24-82-38(67)15-11-26-10-14-31(79-2)30(66)17-26)53(42(71)35(21-62)92-59)91-54(78)28-7-5-4-6-8-28/h4-18,33-37,40-53,55-58,60-63,65-66,69-77H,19-24H2,1-3H3/b15-11+,16-12+/t33-,34-,35-,36-,37-,40-,41-,42-,43+,44+,45-,46-,47-,48-,49-,50-,51+,52-,53+,55+,56+,57+,58-,59+/m1/s1. The number of aromatic hydroxyl groups is 2. The molecule has 5 saturated heterocycles. The number of rotatable bonds is 25. The van der Waals surface area contributed by atoms with Crippen molar-refractivity contribution in [3.05, 3.63) is 95.6 Å². The highest BCUT2D eigenvalue weighted by Gasteiger charge is 2.64. The summed E-state index contributed by atoms with van der Waals surface area (Å²) in [4.78, 5) is 55.0. The highest BCUT2D eigenvalue weighted by Crippen LogP contribution is 2.43. The van der Waals surface area contributed by atoms with Crippen molar-refractivity contribution in [1.29, 1.82) is 0 Å². The van der Waals surface area contributed by atoms with Crippen LogP contribution in [-0.4, -0.2) is 301 Å². The maximum absolute atomic E-state index is 14.3. The second-order valence-corrected chi connectivity index (χ2v) is 21.7. The molecule has 5 aliphatic heterocycles. The number of hydrogen-bond acceptors (Lipinski definition) is 34. The molecule has 15 N–H and O–H groups in total. The van der Waals surface area contributed by atoms with Crippen molar-refractivity contribution in [3.63, 3.8) is 0 Å². The summed E-state index contributed by atoms with van der Waals surface area (Å²) in [5, 5.41) is 164. The van der Waals surface area contributed by atoms with Crippen molar-refractivity contribution in [2.75, 3.05) is 53.9 Å². The van der Waals surface area contributed by atoms with E-state index in [0.29, 0.717) is 0 Å². The van der Waals surface area contributed by atoms with E-state index in [1.165, 1.54) is 87.0 Å². The molecule has 3 aromatic rings.